The molecule has 0 aromatic carbocycles. The van der Waals surface area contributed by atoms with Gasteiger partial charge in [0.25, 0.3) is 0 Å². The number of carbonyl (C=O) groups is 2. The molecule has 0 spiro atoms. The van der Waals surface area contributed by atoms with E-state index < -0.39 is 0 Å². The molecule has 2 heteroatoms. The van der Waals surface area contributed by atoms with Crippen molar-refractivity contribution in [2.45, 2.75) is 89.9 Å². The van der Waals surface area contributed by atoms with Gasteiger partial charge in [0.2, 0.25) is 0 Å². The summed E-state index contributed by atoms with van der Waals surface area (Å²) in [7, 11) is 0. The van der Waals surface area contributed by atoms with Gasteiger partial charge in [-0.05, 0) is 50.7 Å². The fraction of sp³-hybridized carbons (Fsp3) is 0.700. The zero-order valence-electron chi connectivity index (χ0n) is 14.0. The van der Waals surface area contributed by atoms with Gasteiger partial charge in [-0.25, -0.2) is 0 Å². The molecular weight excluding hydrogens is 272 g/mol. The van der Waals surface area contributed by atoms with Crippen LogP contribution in [0, 0.1) is 0 Å². The van der Waals surface area contributed by atoms with Gasteiger partial charge in [-0.15, -0.1) is 0 Å². The highest BCUT2D eigenvalue weighted by molar-refractivity contribution is 5.89. The molecule has 0 fully saturated rings. The number of carbonyl (C=O) groups excluding carboxylic acids is 2. The molecule has 0 heterocycles. The molecule has 0 aromatic rings. The average Bonchev–Trinajstić information content (AvgIpc) is 2.50. The van der Waals surface area contributed by atoms with E-state index in [0.717, 1.165) is 38.5 Å². The lowest BCUT2D eigenvalue weighted by Crippen LogP contribution is -1.93. The van der Waals surface area contributed by atoms with Crippen LogP contribution < -0.4 is 0 Å². The fourth-order valence-corrected chi connectivity index (χ4v) is 2.78. The lowest BCUT2D eigenvalue weighted by atomic mass is 10.0. The zero-order valence-corrected chi connectivity index (χ0v) is 14.0. The quantitative estimate of drug-likeness (QED) is 0.574. The van der Waals surface area contributed by atoms with Crippen molar-refractivity contribution in [3.8, 4) is 0 Å². The maximum Gasteiger partial charge on any atom is 0.155 e. The Labute approximate surface area is 136 Å². The highest BCUT2D eigenvalue weighted by Gasteiger charge is 1.99. The van der Waals surface area contributed by atoms with Crippen LogP contribution in [-0.2, 0) is 9.59 Å². The Morgan fingerprint density at radius 1 is 0.500 bits per heavy atom. The highest BCUT2D eigenvalue weighted by Crippen LogP contribution is 2.12. The highest BCUT2D eigenvalue weighted by atomic mass is 16.1. The van der Waals surface area contributed by atoms with Crippen molar-refractivity contribution < 1.29 is 9.59 Å². The molecule has 0 radical (unpaired) electrons. The van der Waals surface area contributed by atoms with E-state index in [1.165, 1.54) is 38.5 Å². The van der Waals surface area contributed by atoms with Crippen LogP contribution in [0.15, 0.2) is 24.3 Å². The van der Waals surface area contributed by atoms with Gasteiger partial charge in [-0.1, -0.05) is 50.7 Å². The first-order valence-corrected chi connectivity index (χ1v) is 9.18. The minimum Gasteiger partial charge on any atom is -0.295 e. The van der Waals surface area contributed by atoms with Crippen LogP contribution in [0.1, 0.15) is 89.9 Å². The lowest BCUT2D eigenvalue weighted by molar-refractivity contribution is -0.115. The molecule has 0 aromatic heterocycles. The minimum atomic E-state index is 0.278. The van der Waals surface area contributed by atoms with E-state index in [2.05, 4.69) is 0 Å². The van der Waals surface area contributed by atoms with E-state index in [1.807, 2.05) is 12.2 Å². The molecule has 0 saturated carbocycles. The first kappa shape index (κ1) is 18.9. The number of rotatable bonds is 0. The SMILES string of the molecule is O=C1/C=C/CCCC/C=C/C(=O)CCCCCCCCCC1. The van der Waals surface area contributed by atoms with Gasteiger partial charge in [-0.3, -0.25) is 9.59 Å². The van der Waals surface area contributed by atoms with Gasteiger partial charge in [0, 0.05) is 12.8 Å². The van der Waals surface area contributed by atoms with E-state index in [9.17, 15) is 9.59 Å². The molecule has 0 amide bonds. The Morgan fingerprint density at radius 3 is 1.27 bits per heavy atom. The summed E-state index contributed by atoms with van der Waals surface area (Å²) in [5, 5.41) is 0. The van der Waals surface area contributed by atoms with Crippen molar-refractivity contribution in [1.82, 2.24) is 0 Å². The third kappa shape index (κ3) is 11.5. The standard InChI is InChI=1S/C20H32O2/c21-19-15-11-7-3-1-2-4-8-12-16-20(22)18-14-10-6-5-9-13-17-19/h13-14,17-18H,1-12,15-16H2/b17-13+,18-14+. The summed E-state index contributed by atoms with van der Waals surface area (Å²) in [6, 6.07) is 0. The summed E-state index contributed by atoms with van der Waals surface area (Å²) in [4.78, 5) is 23.3. The summed E-state index contributed by atoms with van der Waals surface area (Å²) >= 11 is 0. The third-order valence-corrected chi connectivity index (χ3v) is 4.20. The molecule has 0 N–H and O–H groups in total. The van der Waals surface area contributed by atoms with Crippen molar-refractivity contribution >= 4 is 11.6 Å². The molecule has 0 bridgehead atoms. The van der Waals surface area contributed by atoms with Crippen molar-refractivity contribution in [2.75, 3.05) is 0 Å². The largest absolute Gasteiger partial charge is 0.295 e. The van der Waals surface area contributed by atoms with Crippen molar-refractivity contribution in [3.05, 3.63) is 24.3 Å². The van der Waals surface area contributed by atoms with Gasteiger partial charge in [0.1, 0.15) is 0 Å². The minimum absolute atomic E-state index is 0.278. The van der Waals surface area contributed by atoms with Gasteiger partial charge in [-0.2, -0.15) is 0 Å². The van der Waals surface area contributed by atoms with E-state index in [1.54, 1.807) is 12.2 Å². The smallest absolute Gasteiger partial charge is 0.155 e. The second-order valence-electron chi connectivity index (χ2n) is 6.35. The number of hydrogen-bond donors (Lipinski definition) is 0. The summed E-state index contributed by atoms with van der Waals surface area (Å²) in [6.07, 6.45) is 22.5. The second-order valence-corrected chi connectivity index (χ2v) is 6.35. The van der Waals surface area contributed by atoms with Crippen LogP contribution >= 0.6 is 0 Å². The molecule has 0 unspecified atom stereocenters. The molecule has 1 aliphatic rings. The Morgan fingerprint density at radius 2 is 0.864 bits per heavy atom. The first-order valence-electron chi connectivity index (χ1n) is 9.18. The van der Waals surface area contributed by atoms with E-state index >= 15 is 0 Å². The van der Waals surface area contributed by atoms with E-state index in [-0.39, 0.29) is 11.6 Å². The summed E-state index contributed by atoms with van der Waals surface area (Å²) in [5.74, 6) is 0.555. The van der Waals surface area contributed by atoms with Gasteiger partial charge in [0.15, 0.2) is 11.6 Å². The van der Waals surface area contributed by atoms with Gasteiger partial charge < -0.3 is 0 Å². The van der Waals surface area contributed by atoms with Crippen LogP contribution in [0.4, 0.5) is 0 Å². The van der Waals surface area contributed by atoms with E-state index in [4.69, 9.17) is 0 Å². The molecule has 1 rings (SSSR count). The van der Waals surface area contributed by atoms with Gasteiger partial charge in [0.05, 0.1) is 0 Å². The molecule has 124 valence electrons. The summed E-state index contributed by atoms with van der Waals surface area (Å²) in [6.45, 7) is 0. The zero-order chi connectivity index (χ0) is 15.9. The van der Waals surface area contributed by atoms with Crippen molar-refractivity contribution in [1.29, 1.82) is 0 Å². The second kappa shape index (κ2) is 13.5. The Hall–Kier alpha value is -1.18. The van der Waals surface area contributed by atoms with Crippen LogP contribution in [-0.4, -0.2) is 11.6 Å². The summed E-state index contributed by atoms with van der Waals surface area (Å²) in [5.41, 5.74) is 0. The van der Waals surface area contributed by atoms with Crippen molar-refractivity contribution in [2.24, 2.45) is 0 Å². The number of hydrogen-bond acceptors (Lipinski definition) is 2. The van der Waals surface area contributed by atoms with Crippen LogP contribution in [0.25, 0.3) is 0 Å². The average molecular weight is 304 g/mol. The lowest BCUT2D eigenvalue weighted by Gasteiger charge is -2.02. The molecule has 0 atom stereocenters. The number of ketones is 2. The third-order valence-electron chi connectivity index (χ3n) is 4.20. The molecule has 0 saturated heterocycles. The first-order chi connectivity index (χ1) is 10.8. The number of allylic oxidation sites excluding steroid dienone is 4. The van der Waals surface area contributed by atoms with Gasteiger partial charge >= 0.3 is 0 Å². The molecule has 0 aliphatic heterocycles. The Balaban J connectivity index is 2.30. The maximum absolute atomic E-state index is 11.7. The Bertz CT molecular complexity index is 330. The molecule has 22 heavy (non-hydrogen) atoms. The van der Waals surface area contributed by atoms with Crippen LogP contribution in [0.2, 0.25) is 0 Å². The monoisotopic (exact) mass is 304 g/mol. The molecule has 2 nitrogen and oxygen atoms in total. The predicted molar refractivity (Wildman–Crippen MR) is 92.9 cm³/mol. The maximum atomic E-state index is 11.7. The van der Waals surface area contributed by atoms with Crippen LogP contribution in [0.3, 0.4) is 0 Å². The predicted octanol–water partition coefficient (Wildman–Crippen LogP) is 5.71. The Kier molecular flexibility index (Phi) is 11.6. The fourth-order valence-electron chi connectivity index (χ4n) is 2.78. The normalized spacial score (nSPS) is 24.5. The topological polar surface area (TPSA) is 34.1 Å². The van der Waals surface area contributed by atoms with Crippen LogP contribution in [0.5, 0.6) is 0 Å². The molecular formula is C20H32O2. The van der Waals surface area contributed by atoms with Crippen molar-refractivity contribution in [3.63, 3.8) is 0 Å². The molecule has 1 aliphatic carbocycles. The van der Waals surface area contributed by atoms with E-state index in [0.29, 0.717) is 12.8 Å². The summed E-state index contributed by atoms with van der Waals surface area (Å²) < 4.78 is 0.